The Bertz CT molecular complexity index is 437. The Morgan fingerprint density at radius 1 is 1.29 bits per heavy atom. The molecule has 0 aliphatic rings. The molecule has 1 rings (SSSR count). The molecule has 1 aromatic rings. The Kier molecular flexibility index (Phi) is 4.47. The van der Waals surface area contributed by atoms with Gasteiger partial charge in [0.25, 0.3) is 0 Å². The maximum Gasteiger partial charge on any atom is 0.126 e. The number of nitrogens with zero attached hydrogens (tertiary/aromatic N) is 1. The lowest BCUT2D eigenvalue weighted by atomic mass is 9.87. The van der Waals surface area contributed by atoms with Gasteiger partial charge in [0.15, 0.2) is 0 Å². The van der Waals surface area contributed by atoms with Gasteiger partial charge in [-0.05, 0) is 29.5 Å². The summed E-state index contributed by atoms with van der Waals surface area (Å²) in [7, 11) is -1.22. The van der Waals surface area contributed by atoms with E-state index in [0.29, 0.717) is 6.42 Å². The largest absolute Gasteiger partial charge is 0.253 e. The monoisotopic (exact) mass is 249 g/mol. The van der Waals surface area contributed by atoms with E-state index in [9.17, 15) is 4.21 Å². The topological polar surface area (TPSA) is 40.9 Å². The minimum atomic E-state index is -1.22. The molecule has 17 heavy (non-hydrogen) atoms. The second kappa shape index (κ2) is 5.46. The Labute approximate surface area is 106 Å². The van der Waals surface area contributed by atoms with Crippen molar-refractivity contribution in [3.8, 4) is 6.07 Å². The van der Waals surface area contributed by atoms with E-state index >= 15 is 0 Å². The van der Waals surface area contributed by atoms with Crippen LogP contribution < -0.4 is 0 Å². The van der Waals surface area contributed by atoms with Gasteiger partial charge < -0.3 is 0 Å². The van der Waals surface area contributed by atoms with Crippen molar-refractivity contribution < 1.29 is 4.21 Å². The van der Waals surface area contributed by atoms with Gasteiger partial charge >= 0.3 is 0 Å². The minimum absolute atomic E-state index is 0.0966. The second-order valence-corrected chi connectivity index (χ2v) is 6.73. The lowest BCUT2D eigenvalue weighted by Crippen LogP contribution is -2.13. The highest BCUT2D eigenvalue weighted by molar-refractivity contribution is 7.86. The smallest absolute Gasteiger partial charge is 0.126 e. The molecule has 92 valence electrons. The third-order valence-electron chi connectivity index (χ3n) is 2.73. The van der Waals surface area contributed by atoms with Gasteiger partial charge in [-0.15, -0.1) is 0 Å². The van der Waals surface area contributed by atoms with Gasteiger partial charge in [0.2, 0.25) is 0 Å². The van der Waals surface area contributed by atoms with E-state index in [1.807, 2.05) is 31.2 Å². The van der Waals surface area contributed by atoms with Crippen LogP contribution in [0, 0.1) is 11.3 Å². The van der Waals surface area contributed by atoms with Gasteiger partial charge in [0, 0.05) is 4.90 Å². The quantitative estimate of drug-likeness (QED) is 0.824. The van der Waals surface area contributed by atoms with E-state index in [1.165, 1.54) is 5.56 Å². The summed E-state index contributed by atoms with van der Waals surface area (Å²) in [6.07, 6.45) is 0.615. The lowest BCUT2D eigenvalue weighted by Gasteiger charge is -2.19. The van der Waals surface area contributed by atoms with E-state index in [0.717, 1.165) is 4.90 Å². The summed E-state index contributed by atoms with van der Waals surface area (Å²) in [5, 5.41) is 8.49. The van der Waals surface area contributed by atoms with Crippen LogP contribution in [-0.2, 0) is 16.2 Å². The van der Waals surface area contributed by atoms with Crippen LogP contribution >= 0.6 is 0 Å². The molecule has 0 saturated carbocycles. The molecule has 3 heteroatoms. The lowest BCUT2D eigenvalue weighted by molar-refractivity contribution is 0.589. The molecule has 0 fully saturated rings. The van der Waals surface area contributed by atoms with E-state index in [2.05, 4.69) is 26.8 Å². The maximum absolute atomic E-state index is 12.1. The average molecular weight is 249 g/mol. The number of nitriles is 1. The van der Waals surface area contributed by atoms with Crippen LogP contribution in [0.3, 0.4) is 0 Å². The Balaban J connectivity index is 2.96. The van der Waals surface area contributed by atoms with Crippen molar-refractivity contribution in [1.29, 1.82) is 5.26 Å². The molecule has 0 aliphatic carbocycles. The normalized spacial score (nSPS) is 15.0. The zero-order chi connectivity index (χ0) is 13.1. The van der Waals surface area contributed by atoms with Crippen molar-refractivity contribution in [3.63, 3.8) is 0 Å². The predicted molar refractivity (Wildman–Crippen MR) is 71.2 cm³/mol. The second-order valence-electron chi connectivity index (χ2n) is 5.10. The van der Waals surface area contributed by atoms with Gasteiger partial charge in [-0.25, -0.2) is 0 Å². The van der Waals surface area contributed by atoms with Crippen LogP contribution in [-0.4, -0.2) is 9.46 Å². The highest BCUT2D eigenvalue weighted by Crippen LogP contribution is 2.23. The van der Waals surface area contributed by atoms with Crippen molar-refractivity contribution in [1.82, 2.24) is 0 Å². The molecule has 0 amide bonds. The minimum Gasteiger partial charge on any atom is -0.253 e. The highest BCUT2D eigenvalue weighted by atomic mass is 32.2. The SMILES string of the molecule is CCC(C#N)S(=O)c1ccc(C(C)(C)C)cc1. The van der Waals surface area contributed by atoms with Crippen LogP contribution in [0.15, 0.2) is 29.2 Å². The van der Waals surface area contributed by atoms with Crippen molar-refractivity contribution in [2.45, 2.75) is 49.7 Å². The summed E-state index contributed by atoms with van der Waals surface area (Å²) in [6.45, 7) is 8.31. The average Bonchev–Trinajstić information content (AvgIpc) is 2.29. The van der Waals surface area contributed by atoms with Crippen LogP contribution in [0.5, 0.6) is 0 Å². The van der Waals surface area contributed by atoms with Gasteiger partial charge in [0.1, 0.15) is 5.25 Å². The number of hydrogen-bond donors (Lipinski definition) is 0. The van der Waals surface area contributed by atoms with Crippen molar-refractivity contribution in [2.75, 3.05) is 0 Å². The standard InChI is InChI=1S/C14H19NOS/c1-5-12(10-15)17(16)13-8-6-11(7-9-13)14(2,3)4/h6-9,12H,5H2,1-4H3. The van der Waals surface area contributed by atoms with Gasteiger partial charge in [-0.3, -0.25) is 4.21 Å². The predicted octanol–water partition coefficient (Wildman–Crippen LogP) is 3.39. The summed E-state index contributed by atoms with van der Waals surface area (Å²) in [5.41, 5.74) is 1.31. The molecule has 1 aromatic carbocycles. The number of benzene rings is 1. The fourth-order valence-corrected chi connectivity index (χ4v) is 2.68. The number of rotatable bonds is 3. The Morgan fingerprint density at radius 3 is 2.18 bits per heavy atom. The fourth-order valence-electron chi connectivity index (χ4n) is 1.54. The summed E-state index contributed by atoms with van der Waals surface area (Å²) in [6, 6.07) is 9.83. The Morgan fingerprint density at radius 2 is 1.82 bits per heavy atom. The summed E-state index contributed by atoms with van der Waals surface area (Å²) in [5.74, 6) is 0. The first-order valence-corrected chi connectivity index (χ1v) is 7.02. The van der Waals surface area contributed by atoms with Crippen LogP contribution in [0.4, 0.5) is 0 Å². The molecule has 0 bridgehead atoms. The molecular weight excluding hydrogens is 230 g/mol. The van der Waals surface area contributed by atoms with E-state index < -0.39 is 16.0 Å². The number of hydrogen-bond acceptors (Lipinski definition) is 2. The zero-order valence-electron chi connectivity index (χ0n) is 10.9. The molecule has 0 saturated heterocycles. The molecule has 0 radical (unpaired) electrons. The molecule has 0 N–H and O–H groups in total. The van der Waals surface area contributed by atoms with Crippen molar-refractivity contribution >= 4 is 10.8 Å². The van der Waals surface area contributed by atoms with Gasteiger partial charge in [0.05, 0.1) is 16.9 Å². The van der Waals surface area contributed by atoms with Crippen LogP contribution in [0.2, 0.25) is 0 Å². The van der Waals surface area contributed by atoms with E-state index in [4.69, 9.17) is 5.26 Å². The third kappa shape index (κ3) is 3.41. The van der Waals surface area contributed by atoms with E-state index in [1.54, 1.807) is 0 Å². The first-order chi connectivity index (χ1) is 7.90. The summed E-state index contributed by atoms with van der Waals surface area (Å²) >= 11 is 0. The summed E-state index contributed by atoms with van der Waals surface area (Å²) in [4.78, 5) is 0.742. The molecular formula is C14H19NOS. The first kappa shape index (κ1) is 13.9. The molecule has 2 nitrogen and oxygen atoms in total. The Hall–Kier alpha value is -1.14. The van der Waals surface area contributed by atoms with Gasteiger partial charge in [-0.2, -0.15) is 5.26 Å². The highest BCUT2D eigenvalue weighted by Gasteiger charge is 2.17. The molecule has 0 heterocycles. The van der Waals surface area contributed by atoms with Crippen molar-refractivity contribution in [3.05, 3.63) is 29.8 Å². The molecule has 0 aliphatic heterocycles. The third-order valence-corrected chi connectivity index (χ3v) is 4.42. The maximum atomic E-state index is 12.1. The molecule has 2 atom stereocenters. The molecule has 0 aromatic heterocycles. The van der Waals surface area contributed by atoms with Crippen molar-refractivity contribution in [2.24, 2.45) is 0 Å². The molecule has 2 unspecified atom stereocenters. The fraction of sp³-hybridized carbons (Fsp3) is 0.500. The summed E-state index contributed by atoms with van der Waals surface area (Å²) < 4.78 is 12.1. The van der Waals surface area contributed by atoms with E-state index in [-0.39, 0.29) is 5.41 Å². The zero-order valence-corrected chi connectivity index (χ0v) is 11.7. The molecule has 0 spiro atoms. The first-order valence-electron chi connectivity index (χ1n) is 5.81. The van der Waals surface area contributed by atoms with Gasteiger partial charge in [-0.1, -0.05) is 39.8 Å². The van der Waals surface area contributed by atoms with Crippen LogP contribution in [0.1, 0.15) is 39.7 Å². The van der Waals surface area contributed by atoms with Crippen LogP contribution in [0.25, 0.3) is 0 Å².